The molecule has 1 N–H and O–H groups in total. The second kappa shape index (κ2) is 5.63. The van der Waals surface area contributed by atoms with E-state index in [1.165, 1.54) is 17.8 Å². The average Bonchev–Trinajstić information content (AvgIpc) is 2.17. The van der Waals surface area contributed by atoms with E-state index in [-0.39, 0.29) is 0 Å². The maximum atomic E-state index is 11.6. The molecule has 1 aliphatic rings. The summed E-state index contributed by atoms with van der Waals surface area (Å²) in [5.41, 5.74) is 0. The van der Waals surface area contributed by atoms with Crippen LogP contribution in [-0.4, -0.2) is 43.1 Å². The molecule has 0 radical (unpaired) electrons. The van der Waals surface area contributed by atoms with Crippen LogP contribution in [0.25, 0.3) is 0 Å². The lowest BCUT2D eigenvalue weighted by Gasteiger charge is -2.26. The molecule has 0 saturated heterocycles. The van der Waals surface area contributed by atoms with Gasteiger partial charge in [-0.05, 0) is 18.8 Å². The molecule has 1 saturated carbocycles. The van der Waals surface area contributed by atoms with Crippen molar-refractivity contribution in [2.75, 3.05) is 19.3 Å². The van der Waals surface area contributed by atoms with Crippen LogP contribution in [0.3, 0.4) is 0 Å². The molecule has 0 aromatic carbocycles. The standard InChI is InChI=1S/C10H19NO4S/c1-11(16(14,15)8-10(12)13)7-9-5-3-2-4-6-9/h9H,2-8H2,1H3,(H,12,13). The van der Waals surface area contributed by atoms with Gasteiger partial charge < -0.3 is 5.11 Å². The number of carboxylic acid groups (broad SMARTS) is 1. The predicted octanol–water partition coefficient (Wildman–Crippen LogP) is 0.913. The van der Waals surface area contributed by atoms with Crippen LogP contribution in [-0.2, 0) is 14.8 Å². The number of nitrogens with zero attached hydrogens (tertiary/aromatic N) is 1. The summed E-state index contributed by atoms with van der Waals surface area (Å²) >= 11 is 0. The van der Waals surface area contributed by atoms with Crippen LogP contribution in [0, 0.1) is 5.92 Å². The van der Waals surface area contributed by atoms with Crippen LogP contribution < -0.4 is 0 Å². The van der Waals surface area contributed by atoms with Crippen molar-refractivity contribution < 1.29 is 18.3 Å². The number of hydrogen-bond donors (Lipinski definition) is 1. The smallest absolute Gasteiger partial charge is 0.320 e. The zero-order valence-electron chi connectivity index (χ0n) is 9.55. The number of carboxylic acids is 1. The highest BCUT2D eigenvalue weighted by Crippen LogP contribution is 2.24. The van der Waals surface area contributed by atoms with Crippen molar-refractivity contribution >= 4 is 16.0 Å². The highest BCUT2D eigenvalue weighted by molar-refractivity contribution is 7.89. The molecule has 94 valence electrons. The molecule has 0 aliphatic heterocycles. The van der Waals surface area contributed by atoms with Gasteiger partial charge in [0.1, 0.15) is 0 Å². The Hall–Kier alpha value is -0.620. The maximum Gasteiger partial charge on any atom is 0.320 e. The third kappa shape index (κ3) is 4.09. The van der Waals surface area contributed by atoms with E-state index in [2.05, 4.69) is 0 Å². The van der Waals surface area contributed by atoms with Crippen molar-refractivity contribution in [2.45, 2.75) is 32.1 Å². The zero-order valence-corrected chi connectivity index (χ0v) is 10.4. The van der Waals surface area contributed by atoms with Gasteiger partial charge in [-0.1, -0.05) is 19.3 Å². The van der Waals surface area contributed by atoms with Crippen molar-refractivity contribution in [1.29, 1.82) is 0 Å². The van der Waals surface area contributed by atoms with E-state index in [0.717, 1.165) is 25.7 Å². The first kappa shape index (κ1) is 13.4. The van der Waals surface area contributed by atoms with E-state index >= 15 is 0 Å². The Bertz CT molecular complexity index is 333. The SMILES string of the molecule is CN(CC1CCCCC1)S(=O)(=O)CC(=O)O. The van der Waals surface area contributed by atoms with Gasteiger partial charge in [0, 0.05) is 13.6 Å². The molecule has 0 aromatic rings. The third-order valence-electron chi connectivity index (χ3n) is 3.02. The van der Waals surface area contributed by atoms with Gasteiger partial charge in [0.2, 0.25) is 10.0 Å². The van der Waals surface area contributed by atoms with Crippen molar-refractivity contribution in [3.63, 3.8) is 0 Å². The fourth-order valence-corrected chi connectivity index (χ4v) is 3.08. The Morgan fingerprint density at radius 3 is 2.38 bits per heavy atom. The second-order valence-electron chi connectivity index (χ2n) is 4.43. The first-order chi connectivity index (χ1) is 7.42. The Morgan fingerprint density at radius 2 is 1.88 bits per heavy atom. The Labute approximate surface area is 96.5 Å². The predicted molar refractivity (Wildman–Crippen MR) is 60.6 cm³/mol. The minimum Gasteiger partial charge on any atom is -0.480 e. The molecular formula is C10H19NO4S. The molecule has 0 bridgehead atoms. The molecule has 0 aromatic heterocycles. The van der Waals surface area contributed by atoms with Crippen LogP contribution in [0.1, 0.15) is 32.1 Å². The molecule has 1 rings (SSSR count). The normalized spacial score (nSPS) is 18.9. The topological polar surface area (TPSA) is 74.7 Å². The quantitative estimate of drug-likeness (QED) is 0.786. The summed E-state index contributed by atoms with van der Waals surface area (Å²) in [7, 11) is -2.16. The second-order valence-corrected chi connectivity index (χ2v) is 6.51. The molecule has 6 heteroatoms. The molecule has 5 nitrogen and oxygen atoms in total. The van der Waals surface area contributed by atoms with Crippen LogP contribution in [0.2, 0.25) is 0 Å². The average molecular weight is 249 g/mol. The summed E-state index contributed by atoms with van der Waals surface area (Å²) in [5.74, 6) is -1.71. The van der Waals surface area contributed by atoms with Gasteiger partial charge in [-0.15, -0.1) is 0 Å². The van der Waals surface area contributed by atoms with Gasteiger partial charge in [0.25, 0.3) is 0 Å². The molecule has 1 aliphatic carbocycles. The van der Waals surface area contributed by atoms with Crippen molar-refractivity contribution in [3.05, 3.63) is 0 Å². The van der Waals surface area contributed by atoms with Gasteiger partial charge >= 0.3 is 5.97 Å². The van der Waals surface area contributed by atoms with Crippen molar-refractivity contribution in [3.8, 4) is 0 Å². The number of carbonyl (C=O) groups is 1. The lowest BCUT2D eigenvalue weighted by Crippen LogP contribution is -2.36. The Morgan fingerprint density at radius 1 is 1.31 bits per heavy atom. The maximum absolute atomic E-state index is 11.6. The van der Waals surface area contributed by atoms with Crippen LogP contribution in [0.4, 0.5) is 0 Å². The highest BCUT2D eigenvalue weighted by Gasteiger charge is 2.25. The van der Waals surface area contributed by atoms with E-state index in [4.69, 9.17) is 5.11 Å². The van der Waals surface area contributed by atoms with E-state index in [0.29, 0.717) is 12.5 Å². The van der Waals surface area contributed by atoms with E-state index in [1.54, 1.807) is 0 Å². The molecule has 0 spiro atoms. The van der Waals surface area contributed by atoms with Gasteiger partial charge in [0.05, 0.1) is 0 Å². The molecule has 1 fully saturated rings. The van der Waals surface area contributed by atoms with Crippen molar-refractivity contribution in [2.24, 2.45) is 5.92 Å². The van der Waals surface area contributed by atoms with Crippen LogP contribution in [0.15, 0.2) is 0 Å². The van der Waals surface area contributed by atoms with Gasteiger partial charge in [-0.2, -0.15) is 0 Å². The molecule has 0 heterocycles. The first-order valence-electron chi connectivity index (χ1n) is 5.57. The third-order valence-corrected chi connectivity index (χ3v) is 4.73. The molecule has 16 heavy (non-hydrogen) atoms. The van der Waals surface area contributed by atoms with Gasteiger partial charge in [-0.3, -0.25) is 4.79 Å². The molecule has 0 unspecified atom stereocenters. The Balaban J connectivity index is 2.49. The Kier molecular flexibility index (Phi) is 4.73. The largest absolute Gasteiger partial charge is 0.480 e. The fourth-order valence-electron chi connectivity index (χ4n) is 2.11. The fraction of sp³-hybridized carbons (Fsp3) is 0.900. The lowest BCUT2D eigenvalue weighted by molar-refractivity contribution is -0.134. The summed E-state index contributed by atoms with van der Waals surface area (Å²) in [6, 6.07) is 0. The minimum atomic E-state index is -3.63. The molecule has 0 amide bonds. The molecule has 0 atom stereocenters. The van der Waals surface area contributed by atoms with E-state index < -0.39 is 21.7 Å². The van der Waals surface area contributed by atoms with E-state index in [1.807, 2.05) is 0 Å². The number of sulfonamides is 1. The number of hydrogen-bond acceptors (Lipinski definition) is 3. The number of aliphatic carboxylic acids is 1. The summed E-state index contributed by atoms with van der Waals surface area (Å²) in [6.45, 7) is 0.454. The summed E-state index contributed by atoms with van der Waals surface area (Å²) in [4.78, 5) is 10.4. The van der Waals surface area contributed by atoms with Crippen LogP contribution >= 0.6 is 0 Å². The highest BCUT2D eigenvalue weighted by atomic mass is 32.2. The number of rotatable bonds is 5. The lowest BCUT2D eigenvalue weighted by atomic mass is 9.89. The molecular weight excluding hydrogens is 230 g/mol. The van der Waals surface area contributed by atoms with Crippen molar-refractivity contribution in [1.82, 2.24) is 4.31 Å². The first-order valence-corrected chi connectivity index (χ1v) is 7.18. The van der Waals surface area contributed by atoms with Gasteiger partial charge in [0.15, 0.2) is 5.75 Å². The zero-order chi connectivity index (χ0) is 12.2. The summed E-state index contributed by atoms with van der Waals surface area (Å²) < 4.78 is 24.3. The van der Waals surface area contributed by atoms with E-state index in [9.17, 15) is 13.2 Å². The monoisotopic (exact) mass is 249 g/mol. The summed E-state index contributed by atoms with van der Waals surface area (Å²) in [5, 5.41) is 8.50. The van der Waals surface area contributed by atoms with Gasteiger partial charge in [-0.25, -0.2) is 12.7 Å². The summed E-state index contributed by atoms with van der Waals surface area (Å²) in [6.07, 6.45) is 5.62. The van der Waals surface area contributed by atoms with Crippen LogP contribution in [0.5, 0.6) is 0 Å². The minimum absolute atomic E-state index is 0.391.